The van der Waals surface area contributed by atoms with Crippen LogP contribution in [0.1, 0.15) is 17.4 Å². The molecule has 158 valence electrons. The fourth-order valence-electron chi connectivity index (χ4n) is 3.72. The molecule has 0 radical (unpaired) electrons. The number of aliphatic hydroxyl groups excluding tert-OH is 1. The zero-order valence-corrected chi connectivity index (χ0v) is 16.3. The lowest BCUT2D eigenvalue weighted by molar-refractivity contribution is -0.384. The lowest BCUT2D eigenvalue weighted by Gasteiger charge is -2.20. The molecule has 3 heterocycles. The molecule has 4 aromatic rings. The third kappa shape index (κ3) is 2.93. The molecule has 1 fully saturated rings. The van der Waals surface area contributed by atoms with Crippen LogP contribution in [0.3, 0.4) is 0 Å². The maximum absolute atomic E-state index is 13.0. The van der Waals surface area contributed by atoms with Gasteiger partial charge in [0, 0.05) is 17.7 Å². The van der Waals surface area contributed by atoms with Crippen molar-refractivity contribution >= 4 is 40.1 Å². The first kappa shape index (κ1) is 19.2. The van der Waals surface area contributed by atoms with E-state index in [1.54, 1.807) is 36.4 Å². The standard InChI is InChI=1S/C22H14N4O6/c27-19(12-7-9-13(10-8-12)26(30)31)17-18(16-6-3-11-32-16)25(21(29)20(17)28)22-23-14-4-1-2-5-15(14)24-22/h1-11,18,27H,(H,23,24)/b19-17+. The van der Waals surface area contributed by atoms with Gasteiger partial charge in [0.05, 0.1) is 27.8 Å². The average molecular weight is 430 g/mol. The van der Waals surface area contributed by atoms with Gasteiger partial charge in [-0.05, 0) is 36.4 Å². The van der Waals surface area contributed by atoms with Crippen LogP contribution in [0.5, 0.6) is 0 Å². The molecule has 5 rings (SSSR count). The van der Waals surface area contributed by atoms with Crippen molar-refractivity contribution < 1.29 is 24.0 Å². The van der Waals surface area contributed by atoms with E-state index in [4.69, 9.17) is 4.42 Å². The van der Waals surface area contributed by atoms with E-state index < -0.39 is 28.4 Å². The summed E-state index contributed by atoms with van der Waals surface area (Å²) in [7, 11) is 0. The number of imidazole rings is 1. The second kappa shape index (κ2) is 7.20. The highest BCUT2D eigenvalue weighted by Crippen LogP contribution is 2.41. The van der Waals surface area contributed by atoms with Crippen molar-refractivity contribution in [2.75, 3.05) is 4.90 Å². The minimum Gasteiger partial charge on any atom is -0.507 e. The van der Waals surface area contributed by atoms with Crippen molar-refractivity contribution in [2.24, 2.45) is 0 Å². The first-order valence-electron chi connectivity index (χ1n) is 9.49. The SMILES string of the molecule is O=C1C(=O)N(c2nc3ccccc3[nH]2)C(c2ccco2)/C1=C(\O)c1ccc([N+](=O)[O-])cc1. The molecule has 10 heteroatoms. The topological polar surface area (TPSA) is 143 Å². The molecule has 1 amide bonds. The number of rotatable bonds is 4. The number of nitro benzene ring substituents is 1. The smallest absolute Gasteiger partial charge is 0.302 e. The Morgan fingerprint density at radius 3 is 2.50 bits per heavy atom. The van der Waals surface area contributed by atoms with Crippen LogP contribution in [-0.4, -0.2) is 31.7 Å². The first-order chi connectivity index (χ1) is 15.5. The van der Waals surface area contributed by atoms with Crippen LogP contribution in [0.2, 0.25) is 0 Å². The van der Waals surface area contributed by atoms with Crippen molar-refractivity contribution in [2.45, 2.75) is 6.04 Å². The number of anilines is 1. The number of aromatic nitrogens is 2. The van der Waals surface area contributed by atoms with E-state index in [2.05, 4.69) is 9.97 Å². The quantitative estimate of drug-likeness (QED) is 0.165. The normalized spacial score (nSPS) is 17.9. The van der Waals surface area contributed by atoms with E-state index in [-0.39, 0.29) is 28.5 Å². The van der Waals surface area contributed by atoms with Crippen LogP contribution >= 0.6 is 0 Å². The summed E-state index contributed by atoms with van der Waals surface area (Å²) in [6.45, 7) is 0. The second-order valence-corrected chi connectivity index (χ2v) is 7.07. The molecule has 2 aromatic carbocycles. The second-order valence-electron chi connectivity index (χ2n) is 7.07. The zero-order valence-electron chi connectivity index (χ0n) is 16.3. The lowest BCUT2D eigenvalue weighted by atomic mass is 9.99. The van der Waals surface area contributed by atoms with Gasteiger partial charge in [0.15, 0.2) is 0 Å². The van der Waals surface area contributed by atoms with E-state index in [0.29, 0.717) is 11.0 Å². The highest BCUT2D eigenvalue weighted by atomic mass is 16.6. The minimum absolute atomic E-state index is 0.123. The molecule has 0 saturated carbocycles. The Bertz CT molecular complexity index is 1370. The predicted molar refractivity (Wildman–Crippen MR) is 113 cm³/mol. The number of nitro groups is 1. The zero-order chi connectivity index (χ0) is 22.4. The van der Waals surface area contributed by atoms with Crippen LogP contribution in [0.4, 0.5) is 11.6 Å². The van der Waals surface area contributed by atoms with E-state index in [9.17, 15) is 24.8 Å². The molecule has 1 aliphatic rings. The van der Waals surface area contributed by atoms with Crippen LogP contribution in [0, 0.1) is 10.1 Å². The molecule has 32 heavy (non-hydrogen) atoms. The Balaban J connectivity index is 1.68. The van der Waals surface area contributed by atoms with Crippen LogP contribution in [0.25, 0.3) is 16.8 Å². The Labute approximate surface area is 179 Å². The van der Waals surface area contributed by atoms with Gasteiger partial charge in [-0.2, -0.15) is 0 Å². The largest absolute Gasteiger partial charge is 0.507 e. The maximum atomic E-state index is 13.0. The predicted octanol–water partition coefficient (Wildman–Crippen LogP) is 3.69. The van der Waals surface area contributed by atoms with Crippen molar-refractivity contribution in [3.63, 3.8) is 0 Å². The molecular formula is C22H14N4O6. The number of nitrogens with zero attached hydrogens (tertiary/aromatic N) is 3. The van der Waals surface area contributed by atoms with Gasteiger partial charge in [0.1, 0.15) is 17.6 Å². The molecule has 1 unspecified atom stereocenters. The number of amides is 1. The summed E-state index contributed by atoms with van der Waals surface area (Å²) in [5.41, 5.74) is 1.02. The number of non-ortho nitro benzene ring substituents is 1. The van der Waals surface area contributed by atoms with Crippen molar-refractivity contribution in [1.82, 2.24) is 9.97 Å². The van der Waals surface area contributed by atoms with Crippen LogP contribution in [-0.2, 0) is 9.59 Å². The fourth-order valence-corrected chi connectivity index (χ4v) is 3.72. The summed E-state index contributed by atoms with van der Waals surface area (Å²) in [5.74, 6) is -1.93. The Morgan fingerprint density at radius 2 is 1.84 bits per heavy atom. The number of hydrogen-bond acceptors (Lipinski definition) is 7. The molecule has 2 aromatic heterocycles. The number of benzene rings is 2. The van der Waals surface area contributed by atoms with E-state index in [1.165, 1.54) is 30.5 Å². The lowest BCUT2D eigenvalue weighted by Crippen LogP contribution is -2.30. The molecule has 2 N–H and O–H groups in total. The number of aromatic amines is 1. The monoisotopic (exact) mass is 430 g/mol. The number of ketones is 1. The summed E-state index contributed by atoms with van der Waals surface area (Å²) >= 11 is 0. The summed E-state index contributed by atoms with van der Waals surface area (Å²) < 4.78 is 5.48. The Hall–Kier alpha value is -4.73. The fraction of sp³-hybridized carbons (Fsp3) is 0.0455. The number of hydrogen-bond donors (Lipinski definition) is 2. The van der Waals surface area contributed by atoms with Gasteiger partial charge < -0.3 is 14.5 Å². The molecule has 1 aliphatic heterocycles. The van der Waals surface area contributed by atoms with Crippen molar-refractivity contribution in [3.05, 3.63) is 93.9 Å². The van der Waals surface area contributed by atoms with E-state index >= 15 is 0 Å². The number of carbonyl (C=O) groups excluding carboxylic acids is 2. The van der Waals surface area contributed by atoms with Crippen molar-refractivity contribution in [3.8, 4) is 0 Å². The van der Waals surface area contributed by atoms with Gasteiger partial charge in [-0.1, -0.05) is 12.1 Å². The van der Waals surface area contributed by atoms with Gasteiger partial charge in [0.25, 0.3) is 11.5 Å². The maximum Gasteiger partial charge on any atom is 0.302 e. The van der Waals surface area contributed by atoms with E-state index in [1.807, 2.05) is 0 Å². The average Bonchev–Trinajstić information content (AvgIpc) is 3.52. The molecule has 1 atom stereocenters. The highest BCUT2D eigenvalue weighted by molar-refractivity contribution is 6.51. The van der Waals surface area contributed by atoms with Crippen molar-refractivity contribution in [1.29, 1.82) is 0 Å². The summed E-state index contributed by atoms with van der Waals surface area (Å²) in [5, 5.41) is 21.9. The highest BCUT2D eigenvalue weighted by Gasteiger charge is 2.49. The van der Waals surface area contributed by atoms with E-state index in [0.717, 1.165) is 4.90 Å². The number of H-pyrrole nitrogens is 1. The molecule has 10 nitrogen and oxygen atoms in total. The molecule has 0 spiro atoms. The molecule has 0 bridgehead atoms. The number of Topliss-reactive ketones (excluding diaryl/α,β-unsaturated/α-hetero) is 1. The van der Waals surface area contributed by atoms with Crippen LogP contribution < -0.4 is 4.90 Å². The van der Waals surface area contributed by atoms with Gasteiger partial charge in [-0.25, -0.2) is 4.98 Å². The summed E-state index contributed by atoms with van der Waals surface area (Å²) in [6.07, 6.45) is 1.39. The summed E-state index contributed by atoms with van der Waals surface area (Å²) in [6, 6.07) is 14.2. The number of aliphatic hydroxyl groups is 1. The third-order valence-corrected chi connectivity index (χ3v) is 5.21. The molecule has 0 aliphatic carbocycles. The number of para-hydroxylation sites is 2. The number of carbonyl (C=O) groups is 2. The third-order valence-electron chi connectivity index (χ3n) is 5.21. The Kier molecular flexibility index (Phi) is 4.33. The first-order valence-corrected chi connectivity index (χ1v) is 9.49. The number of furan rings is 1. The molecular weight excluding hydrogens is 416 g/mol. The number of fused-ring (bicyclic) bond motifs is 1. The van der Waals surface area contributed by atoms with Gasteiger partial charge in [-0.3, -0.25) is 24.6 Å². The molecule has 1 saturated heterocycles. The minimum atomic E-state index is -1.08. The Morgan fingerprint density at radius 1 is 1.09 bits per heavy atom. The van der Waals surface area contributed by atoms with Gasteiger partial charge in [-0.15, -0.1) is 0 Å². The van der Waals surface area contributed by atoms with Gasteiger partial charge >= 0.3 is 5.91 Å². The van der Waals surface area contributed by atoms with Gasteiger partial charge in [0.2, 0.25) is 5.95 Å². The number of nitrogens with one attached hydrogen (secondary N) is 1. The van der Waals surface area contributed by atoms with Crippen LogP contribution in [0.15, 0.2) is 76.9 Å². The summed E-state index contributed by atoms with van der Waals surface area (Å²) in [4.78, 5) is 44.9.